The van der Waals surface area contributed by atoms with E-state index >= 15 is 0 Å². The first-order valence-corrected chi connectivity index (χ1v) is 6.16. The molecule has 0 unspecified atom stereocenters. The van der Waals surface area contributed by atoms with Crippen molar-refractivity contribution in [1.29, 1.82) is 0 Å². The van der Waals surface area contributed by atoms with Gasteiger partial charge in [-0.1, -0.05) is 17.3 Å². The Morgan fingerprint density at radius 1 is 1.14 bits per heavy atom. The highest BCUT2D eigenvalue weighted by molar-refractivity contribution is 5.61. The third-order valence-corrected chi connectivity index (χ3v) is 3.00. The summed E-state index contributed by atoms with van der Waals surface area (Å²) in [5.74, 6) is 0. The van der Waals surface area contributed by atoms with Crippen LogP contribution in [0.25, 0.3) is 16.9 Å². The van der Waals surface area contributed by atoms with Crippen molar-refractivity contribution in [2.75, 3.05) is 5.73 Å². The zero-order chi connectivity index (χ0) is 14.8. The Bertz CT molecular complexity index is 795. The van der Waals surface area contributed by atoms with Crippen molar-refractivity contribution in [3.05, 3.63) is 64.8 Å². The number of benzene rings is 2. The van der Waals surface area contributed by atoms with Crippen LogP contribution in [0.2, 0.25) is 0 Å². The minimum Gasteiger partial charge on any atom is -0.399 e. The van der Waals surface area contributed by atoms with Crippen LogP contribution in [-0.4, -0.2) is 19.9 Å². The van der Waals surface area contributed by atoms with Crippen LogP contribution >= 0.6 is 0 Å². The van der Waals surface area contributed by atoms with E-state index in [1.54, 1.807) is 35.1 Å². The first-order chi connectivity index (χ1) is 10.1. The molecule has 3 aromatic rings. The predicted molar refractivity (Wildman–Crippen MR) is 77.9 cm³/mol. The summed E-state index contributed by atoms with van der Waals surface area (Å²) in [6, 6.07) is 13.5. The predicted octanol–water partition coefficient (Wildman–Crippen LogP) is 2.42. The molecular formula is C14H11N5O2. The number of hydrogen-bond acceptors (Lipinski definition) is 5. The number of non-ortho nitro benzene ring substituents is 1. The molecule has 0 aliphatic rings. The van der Waals surface area contributed by atoms with Gasteiger partial charge in [-0.2, -0.15) is 0 Å². The Kier molecular flexibility index (Phi) is 3.07. The number of nitrogens with zero attached hydrogens (tertiary/aromatic N) is 4. The first kappa shape index (κ1) is 12.8. The fourth-order valence-corrected chi connectivity index (χ4v) is 1.93. The van der Waals surface area contributed by atoms with Crippen molar-refractivity contribution < 1.29 is 4.92 Å². The summed E-state index contributed by atoms with van der Waals surface area (Å²) in [5.41, 5.74) is 8.35. The van der Waals surface area contributed by atoms with Gasteiger partial charge >= 0.3 is 0 Å². The number of nitrogens with two attached hydrogens (primary N) is 1. The van der Waals surface area contributed by atoms with Crippen LogP contribution < -0.4 is 5.73 Å². The number of hydrogen-bond donors (Lipinski definition) is 1. The van der Waals surface area contributed by atoms with Gasteiger partial charge in [0, 0.05) is 23.4 Å². The van der Waals surface area contributed by atoms with Crippen molar-refractivity contribution in [3.8, 4) is 16.9 Å². The lowest BCUT2D eigenvalue weighted by Gasteiger charge is -1.99. The van der Waals surface area contributed by atoms with Crippen LogP contribution in [0.1, 0.15) is 0 Å². The van der Waals surface area contributed by atoms with E-state index in [2.05, 4.69) is 10.3 Å². The van der Waals surface area contributed by atoms with Crippen LogP contribution in [0.5, 0.6) is 0 Å². The quantitative estimate of drug-likeness (QED) is 0.451. The van der Waals surface area contributed by atoms with Gasteiger partial charge in [-0.3, -0.25) is 10.1 Å². The highest BCUT2D eigenvalue weighted by atomic mass is 16.6. The molecule has 3 rings (SSSR count). The van der Waals surface area contributed by atoms with Crippen molar-refractivity contribution in [3.63, 3.8) is 0 Å². The summed E-state index contributed by atoms with van der Waals surface area (Å²) >= 11 is 0. The molecule has 7 heteroatoms. The third-order valence-electron chi connectivity index (χ3n) is 3.00. The zero-order valence-electron chi connectivity index (χ0n) is 10.9. The SMILES string of the molecule is Nc1ccc(-n2cc(-c3cccc([N+](=O)[O-])c3)nn2)cc1. The van der Waals surface area contributed by atoms with E-state index in [1.165, 1.54) is 12.1 Å². The number of rotatable bonds is 3. The molecule has 1 heterocycles. The minimum absolute atomic E-state index is 0.0227. The van der Waals surface area contributed by atoms with Gasteiger partial charge < -0.3 is 5.73 Å². The highest BCUT2D eigenvalue weighted by Gasteiger charge is 2.10. The molecule has 0 saturated heterocycles. The van der Waals surface area contributed by atoms with E-state index in [1.807, 2.05) is 12.1 Å². The topological polar surface area (TPSA) is 99.9 Å². The average molecular weight is 281 g/mol. The molecule has 0 fully saturated rings. The van der Waals surface area contributed by atoms with Gasteiger partial charge in [0.05, 0.1) is 16.8 Å². The minimum atomic E-state index is -0.437. The Hall–Kier alpha value is -3.22. The van der Waals surface area contributed by atoms with Gasteiger partial charge in [0.1, 0.15) is 5.69 Å². The van der Waals surface area contributed by atoms with E-state index in [0.717, 1.165) is 5.69 Å². The molecule has 104 valence electrons. The van der Waals surface area contributed by atoms with Crippen molar-refractivity contribution >= 4 is 11.4 Å². The number of anilines is 1. The molecule has 0 aliphatic heterocycles. The summed E-state index contributed by atoms with van der Waals surface area (Å²) in [7, 11) is 0. The van der Waals surface area contributed by atoms with Crippen molar-refractivity contribution in [1.82, 2.24) is 15.0 Å². The second-order valence-electron chi connectivity index (χ2n) is 4.45. The molecule has 0 radical (unpaired) electrons. The molecule has 0 atom stereocenters. The lowest BCUT2D eigenvalue weighted by atomic mass is 10.1. The van der Waals surface area contributed by atoms with Crippen LogP contribution in [0.4, 0.5) is 11.4 Å². The maximum Gasteiger partial charge on any atom is 0.270 e. The van der Waals surface area contributed by atoms with Crippen molar-refractivity contribution in [2.24, 2.45) is 0 Å². The van der Waals surface area contributed by atoms with Crippen molar-refractivity contribution in [2.45, 2.75) is 0 Å². The molecule has 2 aromatic carbocycles. The van der Waals surface area contributed by atoms with Crippen LogP contribution in [0.15, 0.2) is 54.7 Å². The van der Waals surface area contributed by atoms with Gasteiger partial charge in [-0.25, -0.2) is 4.68 Å². The molecule has 0 amide bonds. The number of nitro benzene ring substituents is 1. The smallest absolute Gasteiger partial charge is 0.270 e. The Balaban J connectivity index is 1.96. The van der Waals surface area contributed by atoms with Gasteiger partial charge in [-0.05, 0) is 24.3 Å². The second kappa shape index (κ2) is 5.04. The molecule has 1 aromatic heterocycles. The van der Waals surface area contributed by atoms with Gasteiger partial charge in [-0.15, -0.1) is 5.10 Å². The zero-order valence-corrected chi connectivity index (χ0v) is 10.9. The van der Waals surface area contributed by atoms with E-state index in [-0.39, 0.29) is 5.69 Å². The Morgan fingerprint density at radius 3 is 2.62 bits per heavy atom. The van der Waals surface area contributed by atoms with Gasteiger partial charge in [0.15, 0.2) is 0 Å². The van der Waals surface area contributed by atoms with E-state index in [4.69, 9.17) is 5.73 Å². The van der Waals surface area contributed by atoms with E-state index in [0.29, 0.717) is 16.9 Å². The second-order valence-corrected chi connectivity index (χ2v) is 4.45. The summed E-state index contributed by atoms with van der Waals surface area (Å²) in [4.78, 5) is 10.4. The number of aromatic nitrogens is 3. The fourth-order valence-electron chi connectivity index (χ4n) is 1.93. The normalized spacial score (nSPS) is 10.5. The highest BCUT2D eigenvalue weighted by Crippen LogP contribution is 2.22. The lowest BCUT2D eigenvalue weighted by molar-refractivity contribution is -0.384. The number of nitro groups is 1. The molecule has 0 aliphatic carbocycles. The fraction of sp³-hybridized carbons (Fsp3) is 0. The van der Waals surface area contributed by atoms with Crippen LogP contribution in [0, 0.1) is 10.1 Å². The summed E-state index contributed by atoms with van der Waals surface area (Å²) < 4.78 is 1.59. The van der Waals surface area contributed by atoms with E-state index < -0.39 is 4.92 Å². The largest absolute Gasteiger partial charge is 0.399 e. The average Bonchev–Trinajstić information content (AvgIpc) is 2.98. The maximum atomic E-state index is 10.8. The molecule has 0 spiro atoms. The van der Waals surface area contributed by atoms with E-state index in [9.17, 15) is 10.1 Å². The molecule has 7 nitrogen and oxygen atoms in total. The first-order valence-electron chi connectivity index (χ1n) is 6.16. The molecule has 0 saturated carbocycles. The Labute approximate surface area is 119 Å². The maximum absolute atomic E-state index is 10.8. The standard InChI is InChI=1S/C14H11N5O2/c15-11-4-6-12(7-5-11)18-9-14(16-17-18)10-2-1-3-13(8-10)19(20)21/h1-9H,15H2. The van der Waals surface area contributed by atoms with Gasteiger partial charge in [0.25, 0.3) is 5.69 Å². The number of nitrogen functional groups attached to an aromatic ring is 1. The Morgan fingerprint density at radius 2 is 1.90 bits per heavy atom. The van der Waals surface area contributed by atoms with Crippen LogP contribution in [0.3, 0.4) is 0 Å². The molecular weight excluding hydrogens is 270 g/mol. The molecule has 0 bridgehead atoms. The third kappa shape index (κ3) is 2.57. The summed E-state index contributed by atoms with van der Waals surface area (Å²) in [5, 5.41) is 18.9. The summed E-state index contributed by atoms with van der Waals surface area (Å²) in [6.45, 7) is 0. The van der Waals surface area contributed by atoms with Gasteiger partial charge in [0.2, 0.25) is 0 Å². The monoisotopic (exact) mass is 281 g/mol. The van der Waals surface area contributed by atoms with Crippen LogP contribution in [-0.2, 0) is 0 Å². The molecule has 21 heavy (non-hydrogen) atoms. The lowest BCUT2D eigenvalue weighted by Crippen LogP contribution is -1.95. The molecule has 2 N–H and O–H groups in total. The summed E-state index contributed by atoms with van der Waals surface area (Å²) in [6.07, 6.45) is 1.71.